The van der Waals surface area contributed by atoms with Gasteiger partial charge in [0.2, 0.25) is 0 Å². The molecule has 1 N–H and O–H groups in total. The average Bonchev–Trinajstić information content (AvgIpc) is 3.15. The van der Waals surface area contributed by atoms with Crippen LogP contribution >= 0.6 is 11.6 Å². The molecule has 0 fully saturated rings. The van der Waals surface area contributed by atoms with Crippen LogP contribution in [0.4, 0.5) is 0 Å². The van der Waals surface area contributed by atoms with Crippen molar-refractivity contribution in [3.8, 4) is 11.5 Å². The summed E-state index contributed by atoms with van der Waals surface area (Å²) in [6.45, 7) is 1.66. The van der Waals surface area contributed by atoms with Crippen molar-refractivity contribution in [3.63, 3.8) is 0 Å². The Labute approximate surface area is 152 Å². The van der Waals surface area contributed by atoms with Crippen molar-refractivity contribution in [3.05, 3.63) is 82.8 Å². The molecule has 0 saturated heterocycles. The quantitative estimate of drug-likeness (QED) is 0.628. The predicted molar refractivity (Wildman–Crippen MR) is 98.0 cm³/mol. The van der Waals surface area contributed by atoms with Gasteiger partial charge in [-0.25, -0.2) is 0 Å². The number of furan rings is 1. The first-order valence-corrected chi connectivity index (χ1v) is 8.41. The van der Waals surface area contributed by atoms with Gasteiger partial charge in [0.25, 0.3) is 0 Å². The Kier molecular flexibility index (Phi) is 5.99. The van der Waals surface area contributed by atoms with E-state index in [1.54, 1.807) is 13.4 Å². The fourth-order valence-electron chi connectivity index (χ4n) is 2.52. The van der Waals surface area contributed by atoms with Crippen LogP contribution in [0, 0.1) is 0 Å². The maximum absolute atomic E-state index is 6.21. The van der Waals surface area contributed by atoms with Gasteiger partial charge in [-0.15, -0.1) is 0 Å². The van der Waals surface area contributed by atoms with Gasteiger partial charge in [0.05, 0.1) is 19.9 Å². The van der Waals surface area contributed by atoms with Crippen molar-refractivity contribution < 1.29 is 13.9 Å². The molecule has 1 heterocycles. The summed E-state index contributed by atoms with van der Waals surface area (Å²) in [6, 6.07) is 17.3. The lowest BCUT2D eigenvalue weighted by Crippen LogP contribution is -2.13. The van der Waals surface area contributed by atoms with Gasteiger partial charge in [0.1, 0.15) is 12.4 Å². The first-order valence-electron chi connectivity index (χ1n) is 8.03. The first kappa shape index (κ1) is 17.4. The van der Waals surface area contributed by atoms with Crippen LogP contribution < -0.4 is 14.8 Å². The predicted octanol–water partition coefficient (Wildman–Crippen LogP) is 4.81. The molecule has 5 heteroatoms. The maximum atomic E-state index is 6.21. The van der Waals surface area contributed by atoms with Crippen molar-refractivity contribution in [2.75, 3.05) is 7.11 Å². The molecule has 25 heavy (non-hydrogen) atoms. The molecule has 0 saturated carbocycles. The highest BCUT2D eigenvalue weighted by molar-refractivity contribution is 6.31. The average molecular weight is 358 g/mol. The van der Waals surface area contributed by atoms with Crippen molar-refractivity contribution >= 4 is 11.6 Å². The summed E-state index contributed by atoms with van der Waals surface area (Å²) in [6.07, 6.45) is 1.67. The zero-order valence-electron chi connectivity index (χ0n) is 14.0. The van der Waals surface area contributed by atoms with E-state index in [9.17, 15) is 0 Å². The van der Waals surface area contributed by atoms with Crippen LogP contribution in [0.3, 0.4) is 0 Å². The van der Waals surface area contributed by atoms with Gasteiger partial charge in [-0.1, -0.05) is 41.9 Å². The van der Waals surface area contributed by atoms with E-state index < -0.39 is 0 Å². The molecule has 3 aromatic rings. The van der Waals surface area contributed by atoms with Gasteiger partial charge in [0, 0.05) is 22.7 Å². The van der Waals surface area contributed by atoms with Crippen molar-refractivity contribution in [1.82, 2.24) is 5.32 Å². The smallest absolute Gasteiger partial charge is 0.166 e. The molecular formula is C20H20ClNO3. The SMILES string of the molecule is COc1cccc(CNCc2ccco2)c1OCc1ccccc1Cl. The zero-order valence-corrected chi connectivity index (χ0v) is 14.8. The maximum Gasteiger partial charge on any atom is 0.166 e. The molecule has 3 rings (SSSR count). The lowest BCUT2D eigenvalue weighted by Gasteiger charge is -2.16. The number of rotatable bonds is 8. The highest BCUT2D eigenvalue weighted by Gasteiger charge is 2.12. The number of ether oxygens (including phenoxy) is 2. The summed E-state index contributed by atoms with van der Waals surface area (Å²) in [7, 11) is 1.64. The van der Waals surface area contributed by atoms with Crippen LogP contribution in [0.15, 0.2) is 65.3 Å². The summed E-state index contributed by atoms with van der Waals surface area (Å²) in [5.41, 5.74) is 1.95. The van der Waals surface area contributed by atoms with Gasteiger partial charge in [-0.2, -0.15) is 0 Å². The molecule has 0 amide bonds. The summed E-state index contributed by atoms with van der Waals surface area (Å²) < 4.78 is 16.8. The molecular weight excluding hydrogens is 338 g/mol. The van der Waals surface area contributed by atoms with Crippen molar-refractivity contribution in [2.24, 2.45) is 0 Å². The van der Waals surface area contributed by atoms with Gasteiger partial charge < -0.3 is 19.2 Å². The molecule has 0 aliphatic heterocycles. The molecule has 4 nitrogen and oxygen atoms in total. The normalized spacial score (nSPS) is 10.6. The second kappa shape index (κ2) is 8.60. The van der Waals surface area contributed by atoms with E-state index in [-0.39, 0.29) is 0 Å². The summed E-state index contributed by atoms with van der Waals surface area (Å²) in [5, 5.41) is 4.04. The molecule has 0 unspecified atom stereocenters. The van der Waals surface area contributed by atoms with Crippen LogP contribution in [0.2, 0.25) is 5.02 Å². The van der Waals surface area contributed by atoms with E-state index in [0.717, 1.165) is 22.6 Å². The zero-order chi connectivity index (χ0) is 17.5. The topological polar surface area (TPSA) is 43.6 Å². The lowest BCUT2D eigenvalue weighted by atomic mass is 10.1. The highest BCUT2D eigenvalue weighted by atomic mass is 35.5. The number of nitrogens with one attached hydrogen (secondary N) is 1. The number of methoxy groups -OCH3 is 1. The van der Waals surface area contributed by atoms with E-state index in [1.807, 2.05) is 54.6 Å². The van der Waals surface area contributed by atoms with Crippen LogP contribution in [-0.2, 0) is 19.7 Å². The van der Waals surface area contributed by atoms with E-state index in [1.165, 1.54) is 0 Å². The largest absolute Gasteiger partial charge is 0.493 e. The molecule has 1 aromatic heterocycles. The van der Waals surface area contributed by atoms with Crippen LogP contribution in [0.5, 0.6) is 11.5 Å². The van der Waals surface area contributed by atoms with E-state index >= 15 is 0 Å². The fourth-order valence-corrected chi connectivity index (χ4v) is 2.71. The summed E-state index contributed by atoms with van der Waals surface area (Å²) >= 11 is 6.21. The monoisotopic (exact) mass is 357 g/mol. The Balaban J connectivity index is 1.71. The Hall–Kier alpha value is -2.43. The number of hydrogen-bond acceptors (Lipinski definition) is 4. The van der Waals surface area contributed by atoms with Gasteiger partial charge >= 0.3 is 0 Å². The first-order chi connectivity index (χ1) is 12.3. The number of para-hydroxylation sites is 1. The highest BCUT2D eigenvalue weighted by Crippen LogP contribution is 2.32. The van der Waals surface area contributed by atoms with Gasteiger partial charge in [-0.05, 0) is 24.3 Å². The van der Waals surface area contributed by atoms with Crippen LogP contribution in [0.1, 0.15) is 16.9 Å². The minimum atomic E-state index is 0.380. The Morgan fingerprint density at radius 1 is 0.960 bits per heavy atom. The number of halogens is 1. The molecule has 130 valence electrons. The molecule has 0 spiro atoms. The Bertz CT molecular complexity index is 802. The van der Waals surface area contributed by atoms with Crippen molar-refractivity contribution in [1.29, 1.82) is 0 Å². The van der Waals surface area contributed by atoms with Gasteiger partial charge in [0.15, 0.2) is 11.5 Å². The Morgan fingerprint density at radius 2 is 1.80 bits per heavy atom. The third-order valence-electron chi connectivity index (χ3n) is 3.80. The molecule has 0 bridgehead atoms. The van der Waals surface area contributed by atoms with Gasteiger partial charge in [-0.3, -0.25) is 0 Å². The lowest BCUT2D eigenvalue weighted by molar-refractivity contribution is 0.280. The number of benzene rings is 2. The van der Waals surface area contributed by atoms with Crippen LogP contribution in [0.25, 0.3) is 0 Å². The van der Waals surface area contributed by atoms with Crippen LogP contribution in [-0.4, -0.2) is 7.11 Å². The number of hydrogen-bond donors (Lipinski definition) is 1. The fraction of sp³-hybridized carbons (Fsp3) is 0.200. The van der Waals surface area contributed by atoms with E-state index in [0.29, 0.717) is 30.5 Å². The summed E-state index contributed by atoms with van der Waals surface area (Å²) in [4.78, 5) is 0. The molecule has 0 radical (unpaired) electrons. The minimum Gasteiger partial charge on any atom is -0.493 e. The third-order valence-corrected chi connectivity index (χ3v) is 4.17. The second-order valence-corrected chi connectivity index (χ2v) is 5.92. The molecule has 0 aliphatic carbocycles. The summed E-state index contributed by atoms with van der Waals surface area (Å²) in [5.74, 6) is 2.31. The third kappa shape index (κ3) is 4.56. The standard InChI is InChI=1S/C20H20ClNO3/c1-23-19-10-4-7-15(12-22-13-17-8-5-11-24-17)20(19)25-14-16-6-2-3-9-18(16)21/h2-11,22H,12-14H2,1H3. The van der Waals surface area contributed by atoms with Crippen molar-refractivity contribution in [2.45, 2.75) is 19.7 Å². The second-order valence-electron chi connectivity index (χ2n) is 5.51. The Morgan fingerprint density at radius 3 is 2.56 bits per heavy atom. The minimum absolute atomic E-state index is 0.380. The molecule has 0 atom stereocenters. The molecule has 0 aliphatic rings. The molecule has 2 aromatic carbocycles. The van der Waals surface area contributed by atoms with E-state index in [4.69, 9.17) is 25.5 Å². The van der Waals surface area contributed by atoms with E-state index in [2.05, 4.69) is 5.32 Å².